The van der Waals surface area contributed by atoms with Crippen molar-refractivity contribution in [2.45, 2.75) is 49.0 Å². The van der Waals surface area contributed by atoms with Gasteiger partial charge in [0.15, 0.2) is 0 Å². The Morgan fingerprint density at radius 2 is 0.803 bits per heavy atom. The van der Waals surface area contributed by atoms with Gasteiger partial charge < -0.3 is 39.8 Å². The zero-order valence-electron chi connectivity index (χ0n) is 34.9. The zero-order valence-corrected chi connectivity index (χ0v) is 34.9. The van der Waals surface area contributed by atoms with Gasteiger partial charge >= 0.3 is 0 Å². The number of aliphatic hydroxyl groups is 2. The molecule has 1 aliphatic rings. The standard InChI is InChI=1S/C51H52N2O8/c1-58-41-23-15-37(16-24-41)50(56,38-17-25-42(59-2)26-18-38)45(33-35-11-7-5-8-12-35)53(48(55)49(31-32-49)47(52)54)46(34-36-13-9-6-10-14-36)51(57,39-19-27-43(60-3)28-20-39)40-21-29-44(61-4)30-22-40/h5-30,45-46,56-57H,31-34H2,1-4H3,(H2,52,54)/t45-,46-/m1/s1. The first kappa shape index (κ1) is 42.5. The van der Waals surface area contributed by atoms with Gasteiger partial charge in [-0.1, -0.05) is 109 Å². The maximum Gasteiger partial charge on any atom is 0.239 e. The Bertz CT molecular complexity index is 2140. The number of carbonyl (C=O) groups is 2. The predicted molar refractivity (Wildman–Crippen MR) is 234 cm³/mol. The molecule has 1 aliphatic carbocycles. The SMILES string of the molecule is COc1ccc(C(O)(c2ccc(OC)cc2)[C@@H](Cc2ccccc2)N(C(=O)C2(C(N)=O)CC2)[C@H](Cc2ccccc2)C(O)(c2ccc(OC)cc2)c2ccc(OC)cc2)cc1. The number of nitrogens with two attached hydrogens (primary N) is 1. The van der Waals surface area contributed by atoms with Crippen LogP contribution in [0.1, 0.15) is 46.2 Å². The average Bonchev–Trinajstić information content (AvgIpc) is 4.14. The molecule has 1 saturated carbocycles. The summed E-state index contributed by atoms with van der Waals surface area (Å²) in [7, 11) is 6.26. The van der Waals surface area contributed by atoms with E-state index in [0.29, 0.717) is 45.3 Å². The molecule has 0 spiro atoms. The quantitative estimate of drug-likeness (QED) is 0.0774. The molecule has 314 valence electrons. The summed E-state index contributed by atoms with van der Waals surface area (Å²) in [5.41, 5.74) is 3.96. The van der Waals surface area contributed by atoms with Crippen LogP contribution in [-0.2, 0) is 33.6 Å². The summed E-state index contributed by atoms with van der Waals surface area (Å²) in [6.07, 6.45) is 0.590. The maximum absolute atomic E-state index is 16.1. The molecule has 0 aromatic heterocycles. The minimum absolute atomic E-state index is 0.0859. The van der Waals surface area contributed by atoms with Gasteiger partial charge in [-0.3, -0.25) is 9.59 Å². The van der Waals surface area contributed by atoms with E-state index in [1.54, 1.807) is 130 Å². The third-order valence-corrected chi connectivity index (χ3v) is 12.2. The Morgan fingerprint density at radius 3 is 1.03 bits per heavy atom. The summed E-state index contributed by atoms with van der Waals surface area (Å²) >= 11 is 0. The number of nitrogens with zero attached hydrogens (tertiary/aromatic N) is 1. The highest BCUT2D eigenvalue weighted by Gasteiger charge is 2.62. The summed E-state index contributed by atoms with van der Waals surface area (Å²) in [5.74, 6) is 0.893. The topological polar surface area (TPSA) is 141 Å². The van der Waals surface area contributed by atoms with E-state index in [4.69, 9.17) is 24.7 Å². The first-order valence-electron chi connectivity index (χ1n) is 20.2. The van der Waals surface area contributed by atoms with Crippen LogP contribution in [0.2, 0.25) is 0 Å². The fraction of sp³-hybridized carbons (Fsp3) is 0.255. The van der Waals surface area contributed by atoms with Crippen molar-refractivity contribution >= 4 is 11.8 Å². The largest absolute Gasteiger partial charge is 0.497 e. The van der Waals surface area contributed by atoms with Crippen LogP contribution in [0.5, 0.6) is 23.0 Å². The summed E-state index contributed by atoms with van der Waals surface area (Å²) in [5, 5.41) is 28.2. The van der Waals surface area contributed by atoms with Crippen molar-refractivity contribution in [3.63, 3.8) is 0 Å². The molecule has 0 unspecified atom stereocenters. The Morgan fingerprint density at radius 1 is 0.525 bits per heavy atom. The van der Waals surface area contributed by atoms with Gasteiger partial charge in [-0.25, -0.2) is 0 Å². The second kappa shape index (κ2) is 17.9. The third kappa shape index (κ3) is 8.29. The minimum Gasteiger partial charge on any atom is -0.497 e. The van der Waals surface area contributed by atoms with Crippen molar-refractivity contribution in [1.29, 1.82) is 0 Å². The van der Waals surface area contributed by atoms with Crippen LogP contribution in [0.4, 0.5) is 0 Å². The van der Waals surface area contributed by atoms with E-state index < -0.39 is 40.5 Å². The van der Waals surface area contributed by atoms with E-state index in [9.17, 15) is 15.0 Å². The second-order valence-corrected chi connectivity index (χ2v) is 15.5. The lowest BCUT2D eigenvalue weighted by molar-refractivity contribution is -0.161. The fourth-order valence-electron chi connectivity index (χ4n) is 8.49. The number of primary amides is 1. The van der Waals surface area contributed by atoms with Gasteiger partial charge in [0, 0.05) is 0 Å². The van der Waals surface area contributed by atoms with Gasteiger partial charge in [-0.2, -0.15) is 0 Å². The molecule has 0 aliphatic heterocycles. The molecule has 6 aromatic rings. The lowest BCUT2D eigenvalue weighted by Crippen LogP contribution is -2.66. The Kier molecular flexibility index (Phi) is 12.5. The van der Waals surface area contributed by atoms with E-state index >= 15 is 4.79 Å². The van der Waals surface area contributed by atoms with Crippen molar-refractivity contribution in [2.24, 2.45) is 11.1 Å². The van der Waals surface area contributed by atoms with Crippen LogP contribution in [0.3, 0.4) is 0 Å². The summed E-state index contributed by atoms with van der Waals surface area (Å²) in [4.78, 5) is 31.3. The molecule has 0 radical (unpaired) electrons. The van der Waals surface area contributed by atoms with E-state index in [1.165, 1.54) is 0 Å². The van der Waals surface area contributed by atoms with Crippen molar-refractivity contribution in [3.8, 4) is 23.0 Å². The first-order chi connectivity index (χ1) is 29.5. The van der Waals surface area contributed by atoms with Crippen LogP contribution in [-0.4, -0.2) is 67.5 Å². The molecule has 0 heterocycles. The summed E-state index contributed by atoms with van der Waals surface area (Å²) < 4.78 is 22.2. The number of hydrogen-bond acceptors (Lipinski definition) is 8. The van der Waals surface area contributed by atoms with Crippen LogP contribution in [0.15, 0.2) is 158 Å². The summed E-state index contributed by atoms with van der Waals surface area (Å²) in [6.45, 7) is 0. The van der Waals surface area contributed by atoms with Crippen molar-refractivity contribution in [2.75, 3.05) is 28.4 Å². The van der Waals surface area contributed by atoms with Crippen LogP contribution in [0, 0.1) is 5.41 Å². The number of benzene rings is 6. The highest BCUT2D eigenvalue weighted by Crippen LogP contribution is 2.52. The maximum atomic E-state index is 16.1. The molecule has 10 heteroatoms. The number of rotatable bonds is 18. The average molecular weight is 821 g/mol. The van der Waals surface area contributed by atoms with Crippen molar-refractivity contribution in [1.82, 2.24) is 4.90 Å². The highest BCUT2D eigenvalue weighted by atomic mass is 16.5. The lowest BCUT2D eigenvalue weighted by atomic mass is 9.72. The van der Waals surface area contributed by atoms with Crippen molar-refractivity contribution in [3.05, 3.63) is 191 Å². The van der Waals surface area contributed by atoms with Gasteiger partial charge in [-0.05, 0) is 108 Å². The van der Waals surface area contributed by atoms with Gasteiger partial charge in [0.1, 0.15) is 39.6 Å². The zero-order chi connectivity index (χ0) is 43.2. The summed E-state index contributed by atoms with van der Waals surface area (Å²) in [6, 6.07) is 45.0. The van der Waals surface area contributed by atoms with Crippen LogP contribution < -0.4 is 24.7 Å². The van der Waals surface area contributed by atoms with E-state index in [2.05, 4.69) is 0 Å². The monoisotopic (exact) mass is 820 g/mol. The second-order valence-electron chi connectivity index (χ2n) is 15.5. The molecule has 4 N–H and O–H groups in total. The van der Waals surface area contributed by atoms with E-state index in [0.717, 1.165) is 11.1 Å². The molecule has 2 amide bonds. The minimum atomic E-state index is -2.01. The molecule has 2 atom stereocenters. The molecular weight excluding hydrogens is 769 g/mol. The predicted octanol–water partition coefficient (Wildman–Crippen LogP) is 7.21. The van der Waals surface area contributed by atoms with E-state index in [1.807, 2.05) is 60.7 Å². The molecule has 6 aromatic carbocycles. The van der Waals surface area contributed by atoms with Crippen molar-refractivity contribution < 1.29 is 38.7 Å². The highest BCUT2D eigenvalue weighted by molar-refractivity contribution is 6.07. The van der Waals surface area contributed by atoms with Gasteiger partial charge in [-0.15, -0.1) is 0 Å². The van der Waals surface area contributed by atoms with Gasteiger partial charge in [0.2, 0.25) is 11.8 Å². The molecular formula is C51H52N2O8. The fourth-order valence-corrected chi connectivity index (χ4v) is 8.49. The number of carbonyl (C=O) groups excluding carboxylic acids is 2. The Labute approximate surface area is 357 Å². The van der Waals surface area contributed by atoms with E-state index in [-0.39, 0.29) is 25.7 Å². The molecule has 0 saturated heterocycles. The number of ether oxygens (including phenoxy) is 4. The first-order valence-corrected chi connectivity index (χ1v) is 20.2. The Balaban J connectivity index is 1.61. The molecule has 0 bridgehead atoms. The lowest BCUT2D eigenvalue weighted by Gasteiger charge is -2.52. The van der Waals surface area contributed by atoms with Crippen LogP contribution >= 0.6 is 0 Å². The molecule has 61 heavy (non-hydrogen) atoms. The normalized spacial score (nSPS) is 14.3. The molecule has 7 rings (SSSR count). The smallest absolute Gasteiger partial charge is 0.239 e. The van der Waals surface area contributed by atoms with Gasteiger partial charge in [0.05, 0.1) is 40.5 Å². The number of hydrogen-bond donors (Lipinski definition) is 3. The van der Waals surface area contributed by atoms with Crippen LogP contribution in [0.25, 0.3) is 0 Å². The molecule has 10 nitrogen and oxygen atoms in total. The number of amides is 2. The number of methoxy groups -OCH3 is 4. The Hall–Kier alpha value is -6.62. The molecule has 1 fully saturated rings. The van der Waals surface area contributed by atoms with Gasteiger partial charge in [0.25, 0.3) is 0 Å². The third-order valence-electron chi connectivity index (χ3n) is 12.2.